The van der Waals surface area contributed by atoms with Crippen molar-refractivity contribution in [1.29, 1.82) is 0 Å². The number of rotatable bonds is 4. The lowest BCUT2D eigenvalue weighted by atomic mass is 10.2. The molecule has 3 rings (SSSR count). The predicted molar refractivity (Wildman–Crippen MR) is 79.5 cm³/mol. The Labute approximate surface area is 118 Å². The first kappa shape index (κ1) is 12.7. The Morgan fingerprint density at radius 2 is 2.15 bits per heavy atom. The van der Waals surface area contributed by atoms with Crippen LogP contribution < -0.4 is 10.6 Å². The number of aliphatic imine (C=N–C) groups is 1. The summed E-state index contributed by atoms with van der Waals surface area (Å²) in [6.07, 6.45) is 2.01. The molecule has 20 heavy (non-hydrogen) atoms. The van der Waals surface area contributed by atoms with Crippen LogP contribution in [0.5, 0.6) is 0 Å². The summed E-state index contributed by atoms with van der Waals surface area (Å²) < 4.78 is 1.96. The van der Waals surface area contributed by atoms with Gasteiger partial charge in [-0.3, -0.25) is 9.67 Å². The Hall–Kier alpha value is -2.30. The molecule has 0 fully saturated rings. The van der Waals surface area contributed by atoms with E-state index in [2.05, 4.69) is 39.8 Å². The molecule has 1 aliphatic rings. The van der Waals surface area contributed by atoms with Gasteiger partial charge in [-0.05, 0) is 18.6 Å². The highest BCUT2D eigenvalue weighted by molar-refractivity contribution is 5.81. The lowest BCUT2D eigenvalue weighted by molar-refractivity contribution is 0.663. The van der Waals surface area contributed by atoms with E-state index in [1.165, 1.54) is 5.56 Å². The topological polar surface area (TPSA) is 54.2 Å². The molecule has 0 saturated heterocycles. The first-order valence-corrected chi connectivity index (χ1v) is 6.91. The van der Waals surface area contributed by atoms with Crippen molar-refractivity contribution in [3.8, 4) is 0 Å². The summed E-state index contributed by atoms with van der Waals surface area (Å²) in [6.45, 7) is 4.45. The fourth-order valence-corrected chi connectivity index (χ4v) is 2.19. The van der Waals surface area contributed by atoms with Crippen LogP contribution in [0.3, 0.4) is 0 Å². The quantitative estimate of drug-likeness (QED) is 0.881. The van der Waals surface area contributed by atoms with Gasteiger partial charge in [0.1, 0.15) is 0 Å². The zero-order valence-corrected chi connectivity index (χ0v) is 11.6. The second-order valence-electron chi connectivity index (χ2n) is 5.08. The first-order chi connectivity index (χ1) is 9.79. The van der Waals surface area contributed by atoms with E-state index in [9.17, 15) is 0 Å². The molecule has 2 N–H and O–H groups in total. The Kier molecular flexibility index (Phi) is 3.67. The Balaban J connectivity index is 1.54. The van der Waals surface area contributed by atoms with E-state index < -0.39 is 0 Å². The molecule has 0 amide bonds. The molecule has 1 aromatic heterocycles. The van der Waals surface area contributed by atoms with Crippen LogP contribution in [0, 0.1) is 0 Å². The van der Waals surface area contributed by atoms with Crippen molar-refractivity contribution in [3.05, 3.63) is 53.9 Å². The van der Waals surface area contributed by atoms with Gasteiger partial charge in [-0.2, -0.15) is 5.10 Å². The molecule has 1 aromatic carbocycles. The van der Waals surface area contributed by atoms with E-state index >= 15 is 0 Å². The normalized spacial score (nSPS) is 17.6. The molecule has 5 nitrogen and oxygen atoms in total. The fourth-order valence-electron chi connectivity index (χ4n) is 2.19. The zero-order chi connectivity index (χ0) is 13.8. The van der Waals surface area contributed by atoms with E-state index in [0.717, 1.165) is 24.7 Å². The lowest BCUT2D eigenvalue weighted by Crippen LogP contribution is -2.37. The van der Waals surface area contributed by atoms with E-state index in [4.69, 9.17) is 0 Å². The average Bonchev–Trinajstić information content (AvgIpc) is 3.07. The summed E-state index contributed by atoms with van der Waals surface area (Å²) >= 11 is 0. The first-order valence-electron chi connectivity index (χ1n) is 6.91. The van der Waals surface area contributed by atoms with Crippen molar-refractivity contribution in [2.45, 2.75) is 26.1 Å². The minimum Gasteiger partial charge on any atom is -0.352 e. The summed E-state index contributed by atoms with van der Waals surface area (Å²) in [5.74, 6) is 0.870. The van der Waals surface area contributed by atoms with Gasteiger partial charge in [0.25, 0.3) is 0 Å². The van der Waals surface area contributed by atoms with Crippen LogP contribution in [0.1, 0.15) is 18.2 Å². The summed E-state index contributed by atoms with van der Waals surface area (Å²) in [5.41, 5.74) is 2.27. The molecule has 104 valence electrons. The molecule has 1 aliphatic heterocycles. The molecule has 2 aromatic rings. The smallest absolute Gasteiger partial charge is 0.191 e. The Morgan fingerprint density at radius 3 is 2.90 bits per heavy atom. The largest absolute Gasteiger partial charge is 0.352 e. The lowest BCUT2D eigenvalue weighted by Gasteiger charge is -2.07. The van der Waals surface area contributed by atoms with Gasteiger partial charge in [-0.15, -0.1) is 0 Å². The second-order valence-corrected chi connectivity index (χ2v) is 5.08. The van der Waals surface area contributed by atoms with Crippen LogP contribution in [-0.4, -0.2) is 28.3 Å². The maximum Gasteiger partial charge on any atom is 0.191 e. The molecule has 1 unspecified atom stereocenters. The number of hydrogen-bond acceptors (Lipinski definition) is 4. The molecular formula is C15H19N5. The molecular weight excluding hydrogens is 250 g/mol. The number of hydrogen-bond donors (Lipinski definition) is 2. The summed E-state index contributed by atoms with van der Waals surface area (Å²) in [5, 5.41) is 11.1. The van der Waals surface area contributed by atoms with Crippen molar-refractivity contribution < 1.29 is 0 Å². The van der Waals surface area contributed by atoms with Crippen LogP contribution >= 0.6 is 0 Å². The zero-order valence-electron chi connectivity index (χ0n) is 11.6. The van der Waals surface area contributed by atoms with Crippen molar-refractivity contribution in [1.82, 2.24) is 20.4 Å². The van der Waals surface area contributed by atoms with E-state index in [-0.39, 0.29) is 0 Å². The maximum absolute atomic E-state index is 4.56. The van der Waals surface area contributed by atoms with Crippen molar-refractivity contribution >= 4 is 5.96 Å². The molecule has 5 heteroatoms. The SMILES string of the molecule is CC1CN=C(NCc2ccn(Cc3ccccc3)n2)N1. The van der Waals surface area contributed by atoms with Crippen LogP contribution in [0.15, 0.2) is 47.6 Å². The van der Waals surface area contributed by atoms with Crippen molar-refractivity contribution in [2.75, 3.05) is 6.54 Å². The van der Waals surface area contributed by atoms with Gasteiger partial charge in [0.05, 0.1) is 25.3 Å². The molecule has 0 bridgehead atoms. The number of nitrogens with zero attached hydrogens (tertiary/aromatic N) is 3. The van der Waals surface area contributed by atoms with Crippen LogP contribution in [0.2, 0.25) is 0 Å². The summed E-state index contributed by atoms with van der Waals surface area (Å²) in [4.78, 5) is 4.37. The van der Waals surface area contributed by atoms with Crippen LogP contribution in [-0.2, 0) is 13.1 Å². The van der Waals surface area contributed by atoms with Gasteiger partial charge in [-0.1, -0.05) is 30.3 Å². The molecule has 2 heterocycles. The van der Waals surface area contributed by atoms with Crippen molar-refractivity contribution in [2.24, 2.45) is 4.99 Å². The standard InChI is InChI=1S/C15H19N5/c1-12-9-16-15(18-12)17-10-14-7-8-20(19-14)11-13-5-3-2-4-6-13/h2-8,12H,9-11H2,1H3,(H2,16,17,18). The third-order valence-electron chi connectivity index (χ3n) is 3.23. The van der Waals surface area contributed by atoms with Gasteiger partial charge >= 0.3 is 0 Å². The molecule has 0 saturated carbocycles. The fraction of sp³-hybridized carbons (Fsp3) is 0.333. The van der Waals surface area contributed by atoms with E-state index in [1.807, 2.05) is 35.1 Å². The third kappa shape index (κ3) is 3.17. The van der Waals surface area contributed by atoms with Gasteiger partial charge in [0, 0.05) is 12.2 Å². The number of nitrogens with one attached hydrogen (secondary N) is 2. The molecule has 0 spiro atoms. The van der Waals surface area contributed by atoms with Crippen LogP contribution in [0.25, 0.3) is 0 Å². The molecule has 1 atom stereocenters. The van der Waals surface area contributed by atoms with Gasteiger partial charge in [0.2, 0.25) is 0 Å². The number of guanidine groups is 1. The monoisotopic (exact) mass is 269 g/mol. The summed E-state index contributed by atoms with van der Waals surface area (Å²) in [7, 11) is 0. The Morgan fingerprint density at radius 1 is 1.30 bits per heavy atom. The molecule has 0 aliphatic carbocycles. The van der Waals surface area contributed by atoms with Gasteiger partial charge in [0.15, 0.2) is 5.96 Å². The average molecular weight is 269 g/mol. The third-order valence-corrected chi connectivity index (χ3v) is 3.23. The predicted octanol–water partition coefficient (Wildman–Crippen LogP) is 1.37. The van der Waals surface area contributed by atoms with Crippen molar-refractivity contribution in [3.63, 3.8) is 0 Å². The Bertz CT molecular complexity index is 587. The minimum absolute atomic E-state index is 0.424. The van der Waals surface area contributed by atoms with Gasteiger partial charge in [-0.25, -0.2) is 0 Å². The van der Waals surface area contributed by atoms with E-state index in [1.54, 1.807) is 0 Å². The number of benzene rings is 1. The highest BCUT2D eigenvalue weighted by Gasteiger charge is 2.11. The minimum atomic E-state index is 0.424. The van der Waals surface area contributed by atoms with Crippen LogP contribution in [0.4, 0.5) is 0 Å². The summed E-state index contributed by atoms with van der Waals surface area (Å²) in [6, 6.07) is 12.8. The van der Waals surface area contributed by atoms with Gasteiger partial charge < -0.3 is 10.6 Å². The molecule has 0 radical (unpaired) electrons. The second kappa shape index (κ2) is 5.77. The highest BCUT2D eigenvalue weighted by Crippen LogP contribution is 2.03. The van der Waals surface area contributed by atoms with E-state index in [0.29, 0.717) is 12.6 Å². The number of aromatic nitrogens is 2. The maximum atomic E-state index is 4.56. The highest BCUT2D eigenvalue weighted by atomic mass is 15.3.